The summed E-state index contributed by atoms with van der Waals surface area (Å²) in [5, 5.41) is 12.2. The Morgan fingerprint density at radius 2 is 2.00 bits per heavy atom. The van der Waals surface area contributed by atoms with E-state index in [1.165, 1.54) is 24.4 Å². The van der Waals surface area contributed by atoms with Gasteiger partial charge < -0.3 is 15.4 Å². The Morgan fingerprint density at radius 3 is 2.71 bits per heavy atom. The fraction of sp³-hybridized carbons (Fsp3) is 0.150. The van der Waals surface area contributed by atoms with E-state index in [2.05, 4.69) is 26.2 Å². The van der Waals surface area contributed by atoms with Crippen molar-refractivity contribution in [3.8, 4) is 0 Å². The lowest BCUT2D eigenvalue weighted by atomic mass is 9.99. The lowest BCUT2D eigenvalue weighted by molar-refractivity contribution is -0.141. The zero-order chi connectivity index (χ0) is 20.3. The number of carboxylic acids is 1. The number of carbonyl (C=O) groups is 2. The average molecular weight is 447 g/mol. The lowest BCUT2D eigenvalue weighted by Gasteiger charge is -2.14. The van der Waals surface area contributed by atoms with E-state index in [0.717, 1.165) is 0 Å². The van der Waals surface area contributed by atoms with Gasteiger partial charge >= 0.3 is 5.97 Å². The minimum absolute atomic E-state index is 0.0500. The Morgan fingerprint density at radius 1 is 1.21 bits per heavy atom. The Hall–Kier alpha value is -3.00. The summed E-state index contributed by atoms with van der Waals surface area (Å²) < 4.78 is 14.0. The molecule has 2 aromatic carbocycles. The van der Waals surface area contributed by atoms with Gasteiger partial charge in [-0.15, -0.1) is 0 Å². The molecule has 3 N–H and O–H groups in total. The monoisotopic (exact) mass is 446 g/mol. The Kier molecular flexibility index (Phi) is 5.89. The van der Waals surface area contributed by atoms with Crippen molar-refractivity contribution in [2.45, 2.75) is 6.42 Å². The first kappa shape index (κ1) is 19.8. The van der Waals surface area contributed by atoms with Gasteiger partial charge in [-0.2, -0.15) is 0 Å². The molecule has 1 unspecified atom stereocenters. The number of aromatic amines is 1. The zero-order valence-corrected chi connectivity index (χ0v) is 16.1. The summed E-state index contributed by atoms with van der Waals surface area (Å²) in [6, 6.07) is 10.7. The predicted molar refractivity (Wildman–Crippen MR) is 106 cm³/mol. The summed E-state index contributed by atoms with van der Waals surface area (Å²) in [7, 11) is 0. The van der Waals surface area contributed by atoms with Crippen molar-refractivity contribution in [3.63, 3.8) is 0 Å². The number of pyridine rings is 1. The van der Waals surface area contributed by atoms with Gasteiger partial charge in [0.1, 0.15) is 11.4 Å². The molecule has 3 rings (SSSR count). The molecule has 6 nitrogen and oxygen atoms in total. The number of H-pyrrole nitrogens is 1. The molecule has 0 saturated carbocycles. The van der Waals surface area contributed by atoms with Crippen LogP contribution in [0.15, 0.2) is 57.9 Å². The van der Waals surface area contributed by atoms with E-state index in [1.807, 2.05) is 0 Å². The summed E-state index contributed by atoms with van der Waals surface area (Å²) in [5.74, 6) is -3.21. The van der Waals surface area contributed by atoms with Crippen LogP contribution in [-0.2, 0) is 11.2 Å². The number of aromatic nitrogens is 1. The van der Waals surface area contributed by atoms with Crippen LogP contribution in [0.3, 0.4) is 0 Å². The lowest BCUT2D eigenvalue weighted by Crippen LogP contribution is -2.36. The van der Waals surface area contributed by atoms with Gasteiger partial charge in [-0.25, -0.2) is 4.39 Å². The fourth-order valence-corrected chi connectivity index (χ4v) is 3.23. The molecule has 1 heterocycles. The third-order valence-corrected chi connectivity index (χ3v) is 4.81. The quantitative estimate of drug-likeness (QED) is 0.541. The minimum Gasteiger partial charge on any atom is -0.481 e. The molecule has 1 aromatic heterocycles. The maximum absolute atomic E-state index is 13.3. The summed E-state index contributed by atoms with van der Waals surface area (Å²) in [6.07, 6.45) is 1.35. The summed E-state index contributed by atoms with van der Waals surface area (Å²) in [5.41, 5.74) is 0.527. The van der Waals surface area contributed by atoms with Crippen LogP contribution in [0.1, 0.15) is 15.9 Å². The van der Waals surface area contributed by atoms with Crippen molar-refractivity contribution in [2.75, 3.05) is 6.54 Å². The first-order chi connectivity index (χ1) is 13.3. The molecule has 3 aromatic rings. The van der Waals surface area contributed by atoms with E-state index in [1.54, 1.807) is 24.3 Å². The van der Waals surface area contributed by atoms with Crippen LogP contribution < -0.4 is 10.7 Å². The Labute approximate surface area is 167 Å². The van der Waals surface area contributed by atoms with Gasteiger partial charge in [-0.1, -0.05) is 28.1 Å². The molecule has 1 amide bonds. The normalized spacial score (nSPS) is 11.9. The minimum atomic E-state index is -1.12. The zero-order valence-electron chi connectivity index (χ0n) is 14.5. The van der Waals surface area contributed by atoms with E-state index < -0.39 is 29.0 Å². The van der Waals surface area contributed by atoms with Crippen LogP contribution in [0, 0.1) is 11.7 Å². The SMILES string of the molecule is O=C(NCC(Cc1cccc(F)c1)C(=O)O)c1c[nH]c2ccc(Br)cc2c1=O. The molecule has 0 aliphatic heterocycles. The predicted octanol–water partition coefficient (Wildman–Crippen LogP) is 3.10. The molecule has 0 fully saturated rings. The number of hydrogen-bond donors (Lipinski definition) is 3. The fourth-order valence-electron chi connectivity index (χ4n) is 2.87. The van der Waals surface area contributed by atoms with E-state index in [0.29, 0.717) is 20.9 Å². The van der Waals surface area contributed by atoms with Gasteiger partial charge in [0.2, 0.25) is 5.43 Å². The number of nitrogens with one attached hydrogen (secondary N) is 2. The Bertz CT molecular complexity index is 1110. The van der Waals surface area contributed by atoms with E-state index >= 15 is 0 Å². The third-order valence-electron chi connectivity index (χ3n) is 4.32. The molecule has 28 heavy (non-hydrogen) atoms. The second kappa shape index (κ2) is 8.35. The van der Waals surface area contributed by atoms with Crippen molar-refractivity contribution in [3.05, 3.63) is 80.3 Å². The van der Waals surface area contributed by atoms with Crippen LogP contribution in [0.2, 0.25) is 0 Å². The number of amides is 1. The number of benzene rings is 2. The molecule has 0 radical (unpaired) electrons. The maximum atomic E-state index is 13.3. The van der Waals surface area contributed by atoms with Crippen molar-refractivity contribution in [2.24, 2.45) is 5.92 Å². The summed E-state index contributed by atoms with van der Waals surface area (Å²) in [6.45, 7) is -0.194. The third kappa shape index (κ3) is 4.45. The molecular weight excluding hydrogens is 431 g/mol. The van der Waals surface area contributed by atoms with E-state index in [-0.39, 0.29) is 18.5 Å². The van der Waals surface area contributed by atoms with E-state index in [9.17, 15) is 23.9 Å². The highest BCUT2D eigenvalue weighted by Gasteiger charge is 2.21. The topological polar surface area (TPSA) is 99.3 Å². The highest BCUT2D eigenvalue weighted by atomic mass is 79.9. The van der Waals surface area contributed by atoms with Crippen molar-refractivity contribution < 1.29 is 19.1 Å². The second-order valence-corrected chi connectivity index (χ2v) is 7.22. The van der Waals surface area contributed by atoms with Crippen LogP contribution in [-0.4, -0.2) is 28.5 Å². The first-order valence-electron chi connectivity index (χ1n) is 8.41. The Balaban J connectivity index is 1.76. The van der Waals surface area contributed by atoms with Gasteiger partial charge in [0, 0.05) is 28.1 Å². The number of carbonyl (C=O) groups excluding carboxylic acids is 1. The summed E-state index contributed by atoms with van der Waals surface area (Å²) >= 11 is 3.29. The maximum Gasteiger partial charge on any atom is 0.308 e. The number of fused-ring (bicyclic) bond motifs is 1. The molecule has 0 aliphatic rings. The van der Waals surface area contributed by atoms with Crippen molar-refractivity contribution in [1.82, 2.24) is 10.3 Å². The molecule has 0 spiro atoms. The molecular formula is C20H16BrFN2O4. The molecule has 0 bridgehead atoms. The van der Waals surface area contributed by atoms with Gasteiger partial charge in [-0.3, -0.25) is 14.4 Å². The van der Waals surface area contributed by atoms with Crippen molar-refractivity contribution >= 4 is 38.7 Å². The molecule has 8 heteroatoms. The van der Waals surface area contributed by atoms with Gasteiger partial charge in [0.15, 0.2) is 0 Å². The average Bonchev–Trinajstić information content (AvgIpc) is 2.65. The van der Waals surface area contributed by atoms with Gasteiger partial charge in [0.05, 0.1) is 5.92 Å². The number of halogens is 2. The van der Waals surface area contributed by atoms with Gasteiger partial charge in [-0.05, 0) is 42.3 Å². The number of aliphatic carboxylic acids is 1. The number of hydrogen-bond acceptors (Lipinski definition) is 3. The molecule has 0 aliphatic carbocycles. The second-order valence-electron chi connectivity index (χ2n) is 6.30. The number of rotatable bonds is 6. The van der Waals surface area contributed by atoms with Crippen molar-refractivity contribution in [1.29, 1.82) is 0 Å². The van der Waals surface area contributed by atoms with Crippen LogP contribution >= 0.6 is 15.9 Å². The highest BCUT2D eigenvalue weighted by molar-refractivity contribution is 9.10. The van der Waals surface area contributed by atoms with Crippen LogP contribution in [0.4, 0.5) is 4.39 Å². The van der Waals surface area contributed by atoms with E-state index in [4.69, 9.17) is 0 Å². The smallest absolute Gasteiger partial charge is 0.308 e. The molecule has 0 saturated heterocycles. The highest BCUT2D eigenvalue weighted by Crippen LogP contribution is 2.16. The molecule has 144 valence electrons. The van der Waals surface area contributed by atoms with Crippen LogP contribution in [0.25, 0.3) is 10.9 Å². The standard InChI is InChI=1S/C20H16BrFN2O4/c21-13-4-5-17-15(8-13)18(25)16(10-23-17)19(26)24-9-12(20(27)28)6-11-2-1-3-14(22)7-11/h1-5,7-8,10,12H,6,9H2,(H,23,25)(H,24,26)(H,27,28). The summed E-state index contributed by atoms with van der Waals surface area (Å²) in [4.78, 5) is 39.4. The largest absolute Gasteiger partial charge is 0.481 e. The molecule has 1 atom stereocenters. The van der Waals surface area contributed by atoms with Crippen LogP contribution in [0.5, 0.6) is 0 Å². The number of carboxylic acid groups (broad SMARTS) is 1. The van der Waals surface area contributed by atoms with Gasteiger partial charge in [0.25, 0.3) is 5.91 Å². The first-order valence-corrected chi connectivity index (χ1v) is 9.21.